The molecule has 0 saturated carbocycles. The first-order chi connectivity index (χ1) is 31.0. The number of carbonyl (C=O) groups excluding carboxylic acids is 5. The van der Waals surface area contributed by atoms with Crippen molar-refractivity contribution in [2.24, 2.45) is 11.7 Å². The van der Waals surface area contributed by atoms with Crippen LogP contribution in [0.15, 0.2) is 0 Å². The zero-order valence-corrected chi connectivity index (χ0v) is 39.3. The van der Waals surface area contributed by atoms with E-state index in [1.807, 2.05) is 0 Å². The molecule has 0 bridgehead atoms. The molecule has 2 atom stereocenters. The number of likely N-dealkylation sites (N-methyl/N-ethyl adjacent to an activating group) is 1. The Balaban J connectivity index is 3.65. The fourth-order valence-corrected chi connectivity index (χ4v) is 7.01. The SMILES string of the molecule is CN[C@@H](CCCCNC(=O)COCCOCCCC(=O)COCCOCCNC(=O)CCC(CC(=O)CCCCCCCCCCCCCCCCCCC(=O)O)C(=O)O)C(=O)CN. The molecular formula is C47H86N4O13. The minimum Gasteiger partial charge on any atom is -0.481 e. The van der Waals surface area contributed by atoms with Crippen molar-refractivity contribution in [3.8, 4) is 0 Å². The third-order valence-corrected chi connectivity index (χ3v) is 10.9. The average Bonchev–Trinajstić information content (AvgIpc) is 3.27. The van der Waals surface area contributed by atoms with E-state index < -0.39 is 17.9 Å². The Labute approximate surface area is 383 Å². The number of carbonyl (C=O) groups is 7. The van der Waals surface area contributed by atoms with Gasteiger partial charge in [-0.2, -0.15) is 0 Å². The van der Waals surface area contributed by atoms with Gasteiger partial charge in [0.1, 0.15) is 19.0 Å². The number of ketones is 3. The molecule has 0 aliphatic carbocycles. The first kappa shape index (κ1) is 60.6. The van der Waals surface area contributed by atoms with Gasteiger partial charge in [0.2, 0.25) is 11.8 Å². The van der Waals surface area contributed by atoms with Crippen LogP contribution in [0.25, 0.3) is 0 Å². The highest BCUT2D eigenvalue weighted by molar-refractivity contribution is 5.85. The number of carboxylic acids is 2. The molecule has 0 aromatic carbocycles. The fraction of sp³-hybridized carbons (Fsp3) is 0.851. The molecule has 0 heterocycles. The monoisotopic (exact) mass is 915 g/mol. The Bertz CT molecular complexity index is 1240. The summed E-state index contributed by atoms with van der Waals surface area (Å²) in [7, 11) is 1.72. The Kier molecular flexibility index (Phi) is 42.5. The molecular weight excluding hydrogens is 829 g/mol. The van der Waals surface area contributed by atoms with Crippen LogP contribution in [0.3, 0.4) is 0 Å². The summed E-state index contributed by atoms with van der Waals surface area (Å²) >= 11 is 0. The number of carboxylic acid groups (broad SMARTS) is 2. The van der Waals surface area contributed by atoms with Gasteiger partial charge in [-0.3, -0.25) is 33.6 Å². The van der Waals surface area contributed by atoms with Crippen LogP contribution in [0.2, 0.25) is 0 Å². The van der Waals surface area contributed by atoms with Crippen LogP contribution < -0.4 is 21.7 Å². The van der Waals surface area contributed by atoms with Gasteiger partial charge in [0.15, 0.2) is 11.6 Å². The number of unbranched alkanes of at least 4 members (excludes halogenated alkanes) is 16. The largest absolute Gasteiger partial charge is 0.481 e. The van der Waals surface area contributed by atoms with Crippen molar-refractivity contribution in [1.29, 1.82) is 0 Å². The van der Waals surface area contributed by atoms with Gasteiger partial charge in [0.25, 0.3) is 0 Å². The molecule has 0 aliphatic rings. The fourth-order valence-electron chi connectivity index (χ4n) is 7.01. The number of rotatable bonds is 50. The van der Waals surface area contributed by atoms with Crippen LogP contribution in [0.4, 0.5) is 0 Å². The molecule has 64 heavy (non-hydrogen) atoms. The number of Topliss-reactive ketones (excluding diaryl/α,β-unsaturated/α-hetero) is 3. The lowest BCUT2D eigenvalue weighted by molar-refractivity contribution is -0.144. The van der Waals surface area contributed by atoms with Gasteiger partial charge in [0, 0.05) is 51.8 Å². The van der Waals surface area contributed by atoms with Crippen molar-refractivity contribution in [2.75, 3.05) is 79.5 Å². The minimum absolute atomic E-state index is 0.00646. The molecule has 0 aromatic heterocycles. The van der Waals surface area contributed by atoms with Gasteiger partial charge < -0.3 is 50.8 Å². The number of nitrogens with one attached hydrogen (secondary N) is 3. The van der Waals surface area contributed by atoms with Gasteiger partial charge in [-0.25, -0.2) is 0 Å². The van der Waals surface area contributed by atoms with Crippen LogP contribution in [0.5, 0.6) is 0 Å². The molecule has 0 aliphatic heterocycles. The van der Waals surface area contributed by atoms with E-state index in [0.717, 1.165) is 57.8 Å². The maximum absolute atomic E-state index is 12.5. The smallest absolute Gasteiger partial charge is 0.306 e. The van der Waals surface area contributed by atoms with Gasteiger partial charge in [0.05, 0.1) is 51.5 Å². The number of amides is 2. The van der Waals surface area contributed by atoms with E-state index in [1.54, 1.807) is 7.05 Å². The number of hydrogen-bond acceptors (Lipinski definition) is 13. The number of aliphatic carboxylic acids is 2. The Morgan fingerprint density at radius 3 is 1.53 bits per heavy atom. The molecule has 0 saturated heterocycles. The molecule has 17 heteroatoms. The maximum atomic E-state index is 12.5. The first-order valence-corrected chi connectivity index (χ1v) is 24.2. The highest BCUT2D eigenvalue weighted by Crippen LogP contribution is 2.17. The summed E-state index contributed by atoms with van der Waals surface area (Å²) in [5, 5.41) is 26.7. The molecule has 7 N–H and O–H groups in total. The lowest BCUT2D eigenvalue weighted by Gasteiger charge is -2.13. The normalized spacial score (nSPS) is 12.2. The average molecular weight is 915 g/mol. The highest BCUT2D eigenvalue weighted by Gasteiger charge is 2.22. The highest BCUT2D eigenvalue weighted by atomic mass is 16.5. The number of nitrogens with two attached hydrogens (primary N) is 1. The second-order valence-corrected chi connectivity index (χ2v) is 16.5. The Morgan fingerprint density at radius 1 is 0.484 bits per heavy atom. The van der Waals surface area contributed by atoms with E-state index in [1.165, 1.54) is 57.8 Å². The van der Waals surface area contributed by atoms with Crippen LogP contribution in [-0.4, -0.2) is 137 Å². The number of ether oxygens (including phenoxy) is 4. The second-order valence-electron chi connectivity index (χ2n) is 16.5. The zero-order valence-electron chi connectivity index (χ0n) is 39.3. The molecule has 1 unspecified atom stereocenters. The van der Waals surface area contributed by atoms with Crippen molar-refractivity contribution in [3.63, 3.8) is 0 Å². The first-order valence-electron chi connectivity index (χ1n) is 24.2. The predicted molar refractivity (Wildman–Crippen MR) is 245 cm³/mol. The molecule has 0 rings (SSSR count). The summed E-state index contributed by atoms with van der Waals surface area (Å²) < 4.78 is 21.6. The zero-order chi connectivity index (χ0) is 47.3. The Hall–Kier alpha value is -3.35. The van der Waals surface area contributed by atoms with E-state index in [4.69, 9.17) is 29.8 Å². The third kappa shape index (κ3) is 41.4. The minimum atomic E-state index is -1.07. The molecule has 0 spiro atoms. The molecule has 0 aromatic rings. The van der Waals surface area contributed by atoms with Gasteiger partial charge in [-0.1, -0.05) is 89.9 Å². The number of hydrogen-bond donors (Lipinski definition) is 6. The second kappa shape index (κ2) is 44.8. The predicted octanol–water partition coefficient (Wildman–Crippen LogP) is 5.47. The van der Waals surface area contributed by atoms with Crippen LogP contribution in [-0.2, 0) is 52.5 Å². The van der Waals surface area contributed by atoms with E-state index >= 15 is 0 Å². The third-order valence-electron chi connectivity index (χ3n) is 10.9. The van der Waals surface area contributed by atoms with Gasteiger partial charge >= 0.3 is 11.9 Å². The molecule has 0 fully saturated rings. The van der Waals surface area contributed by atoms with E-state index in [-0.39, 0.29) is 114 Å². The topological polar surface area (TPSA) is 259 Å². The molecule has 17 nitrogen and oxygen atoms in total. The van der Waals surface area contributed by atoms with Crippen LogP contribution >= 0.6 is 0 Å². The lowest BCUT2D eigenvalue weighted by Crippen LogP contribution is -2.38. The van der Waals surface area contributed by atoms with E-state index in [2.05, 4.69) is 16.0 Å². The molecule has 2 amide bonds. The van der Waals surface area contributed by atoms with Crippen molar-refractivity contribution in [1.82, 2.24) is 16.0 Å². The molecule has 372 valence electrons. The van der Waals surface area contributed by atoms with Crippen molar-refractivity contribution >= 4 is 41.1 Å². The van der Waals surface area contributed by atoms with Crippen molar-refractivity contribution in [3.05, 3.63) is 0 Å². The summed E-state index contributed by atoms with van der Waals surface area (Å²) in [6.45, 7) is 2.24. The molecule has 0 radical (unpaired) electrons. The summed E-state index contributed by atoms with van der Waals surface area (Å²) in [5.74, 6) is -3.34. The summed E-state index contributed by atoms with van der Waals surface area (Å²) in [6, 6.07) is -0.256. The van der Waals surface area contributed by atoms with Crippen LogP contribution in [0, 0.1) is 5.92 Å². The van der Waals surface area contributed by atoms with E-state index in [0.29, 0.717) is 45.4 Å². The van der Waals surface area contributed by atoms with Gasteiger partial charge in [-0.15, -0.1) is 0 Å². The van der Waals surface area contributed by atoms with Crippen molar-refractivity contribution in [2.45, 2.75) is 173 Å². The summed E-state index contributed by atoms with van der Waals surface area (Å²) in [4.78, 5) is 82.5. The Morgan fingerprint density at radius 2 is 0.984 bits per heavy atom. The lowest BCUT2D eigenvalue weighted by atomic mass is 9.94. The summed E-state index contributed by atoms with van der Waals surface area (Å²) in [5.41, 5.74) is 5.40. The van der Waals surface area contributed by atoms with E-state index in [9.17, 15) is 38.7 Å². The van der Waals surface area contributed by atoms with Crippen molar-refractivity contribution < 1.29 is 62.7 Å². The standard InChI is InChI=1S/C47H86N4O13/c1-49-42(43(54)36-48)23-18-19-27-50-45(56)38-64-34-31-61-29-20-22-41(53)37-63-33-32-62-30-28-51-44(55)26-25-39(47(59)60)35-40(52)21-16-14-12-10-8-6-4-2-3-5-7-9-11-13-15-17-24-46(57)58/h39,42,49H,2-38,48H2,1H3,(H,50,56)(H,51,55)(H,57,58)(H,59,60)/t39?,42-/m0/s1. The maximum Gasteiger partial charge on any atom is 0.306 e. The summed E-state index contributed by atoms with van der Waals surface area (Å²) in [6.07, 6.45) is 21.8. The van der Waals surface area contributed by atoms with Gasteiger partial charge in [-0.05, 0) is 52.0 Å². The van der Waals surface area contributed by atoms with Crippen LogP contribution in [0.1, 0.15) is 167 Å². The quantitative estimate of drug-likeness (QED) is 0.0414.